The maximum absolute atomic E-state index is 11.7. The van der Waals surface area contributed by atoms with Crippen molar-refractivity contribution in [2.24, 2.45) is 10.2 Å². The van der Waals surface area contributed by atoms with E-state index in [9.17, 15) is 9.59 Å². The molecule has 3 aromatic carbocycles. The number of benzene rings is 3. The summed E-state index contributed by atoms with van der Waals surface area (Å²) in [6.07, 6.45) is 1.37. The van der Waals surface area contributed by atoms with E-state index in [-0.39, 0.29) is 12.3 Å². The Kier molecular flexibility index (Phi) is 5.39. The number of carbonyl (C=O) groups is 2. The zero-order valence-electron chi connectivity index (χ0n) is 15.3. The topological polar surface area (TPSA) is 91.1 Å². The van der Waals surface area contributed by atoms with Gasteiger partial charge in [0.2, 0.25) is 5.91 Å². The summed E-state index contributed by atoms with van der Waals surface area (Å²) in [7, 11) is 0. The minimum Gasteiger partial charge on any atom is -0.481 e. The number of carboxylic acids is 1. The fraction of sp³-hybridized carbons (Fsp3) is 0.0909. The third-order valence-corrected chi connectivity index (χ3v) is 5.55. The minimum atomic E-state index is -1.02. The second-order valence-electron chi connectivity index (χ2n) is 6.50. The summed E-state index contributed by atoms with van der Waals surface area (Å²) in [6.45, 7) is 0. The van der Waals surface area contributed by atoms with Crippen LogP contribution in [0.15, 0.2) is 76.9 Å². The number of nitrogens with one attached hydrogen (secondary N) is 1. The van der Waals surface area contributed by atoms with Crippen LogP contribution in [0.5, 0.6) is 0 Å². The Hall–Kier alpha value is -3.45. The van der Waals surface area contributed by atoms with E-state index in [1.54, 1.807) is 6.21 Å². The molecule has 144 valence electrons. The molecule has 1 unspecified atom stereocenters. The van der Waals surface area contributed by atoms with Crippen molar-refractivity contribution >= 4 is 45.8 Å². The van der Waals surface area contributed by atoms with Crippen molar-refractivity contribution in [2.75, 3.05) is 0 Å². The Morgan fingerprint density at radius 1 is 1.10 bits per heavy atom. The molecule has 1 atom stereocenters. The van der Waals surface area contributed by atoms with Crippen LogP contribution in [0.2, 0.25) is 0 Å². The number of fused-ring (bicyclic) bond motifs is 1. The molecule has 0 saturated carbocycles. The number of carboxylic acid groups (broad SMARTS) is 1. The molecule has 1 fully saturated rings. The standard InChI is InChI=1S/C22H17N3O3S/c26-20(27)12-19-21(28)24-22(29-19)25-23-13-14-5-3-8-16(11-14)18-10-4-7-15-6-1-2-9-17(15)18/h1-11,13,19H,12H2,(H,26,27)(H,24,25,28). The Labute approximate surface area is 171 Å². The number of hydrogen-bond donors (Lipinski definition) is 2. The highest BCUT2D eigenvalue weighted by atomic mass is 32.2. The van der Waals surface area contributed by atoms with Crippen LogP contribution in [0.25, 0.3) is 21.9 Å². The number of rotatable bonds is 5. The lowest BCUT2D eigenvalue weighted by molar-refractivity contribution is -0.138. The monoisotopic (exact) mass is 403 g/mol. The fourth-order valence-electron chi connectivity index (χ4n) is 3.16. The van der Waals surface area contributed by atoms with Gasteiger partial charge >= 0.3 is 5.97 Å². The van der Waals surface area contributed by atoms with Gasteiger partial charge in [-0.15, -0.1) is 5.10 Å². The summed E-state index contributed by atoms with van der Waals surface area (Å²) in [5.41, 5.74) is 3.08. The number of amides is 1. The molecule has 0 bridgehead atoms. The molecule has 29 heavy (non-hydrogen) atoms. The van der Waals surface area contributed by atoms with E-state index in [4.69, 9.17) is 5.11 Å². The van der Waals surface area contributed by atoms with Crippen molar-refractivity contribution in [1.29, 1.82) is 0 Å². The SMILES string of the molecule is O=C(O)CC1SC(=NN=Cc2cccc(-c3cccc4ccccc34)c2)NC1=O. The van der Waals surface area contributed by atoms with Gasteiger partial charge in [0.05, 0.1) is 12.6 Å². The van der Waals surface area contributed by atoms with Crippen molar-refractivity contribution in [1.82, 2.24) is 5.32 Å². The van der Waals surface area contributed by atoms with Gasteiger partial charge in [0.1, 0.15) is 5.25 Å². The van der Waals surface area contributed by atoms with Crippen LogP contribution in [0.1, 0.15) is 12.0 Å². The lowest BCUT2D eigenvalue weighted by Crippen LogP contribution is -2.26. The molecule has 4 rings (SSSR count). The normalized spacial score (nSPS) is 17.9. The van der Waals surface area contributed by atoms with Crippen LogP contribution in [-0.4, -0.2) is 33.6 Å². The van der Waals surface area contributed by atoms with Crippen molar-refractivity contribution in [3.63, 3.8) is 0 Å². The highest BCUT2D eigenvalue weighted by molar-refractivity contribution is 8.15. The summed E-state index contributed by atoms with van der Waals surface area (Å²) in [6, 6.07) is 22.4. The smallest absolute Gasteiger partial charge is 0.305 e. The van der Waals surface area contributed by atoms with Gasteiger partial charge in [0, 0.05) is 0 Å². The number of amidine groups is 1. The third-order valence-electron chi connectivity index (χ3n) is 4.48. The molecule has 0 spiro atoms. The first-order valence-corrected chi connectivity index (χ1v) is 9.87. The van der Waals surface area contributed by atoms with E-state index in [1.165, 1.54) is 10.8 Å². The van der Waals surface area contributed by atoms with Gasteiger partial charge in [-0.1, -0.05) is 72.4 Å². The number of thioether (sulfide) groups is 1. The summed E-state index contributed by atoms with van der Waals surface area (Å²) >= 11 is 1.08. The molecule has 3 aromatic rings. The molecule has 6 nitrogen and oxygen atoms in total. The number of hydrogen-bond acceptors (Lipinski definition) is 5. The highest BCUT2D eigenvalue weighted by Crippen LogP contribution is 2.29. The van der Waals surface area contributed by atoms with E-state index in [0.717, 1.165) is 28.5 Å². The summed E-state index contributed by atoms with van der Waals surface area (Å²) < 4.78 is 0. The van der Waals surface area contributed by atoms with Gasteiger partial charge in [-0.2, -0.15) is 5.10 Å². The lowest BCUT2D eigenvalue weighted by atomic mass is 9.97. The Bertz CT molecular complexity index is 1150. The van der Waals surface area contributed by atoms with Crippen molar-refractivity contribution < 1.29 is 14.7 Å². The average molecular weight is 403 g/mol. The quantitative estimate of drug-likeness (QED) is 0.499. The van der Waals surface area contributed by atoms with Crippen LogP contribution >= 0.6 is 11.8 Å². The van der Waals surface area contributed by atoms with Gasteiger partial charge < -0.3 is 10.4 Å². The fourth-order valence-corrected chi connectivity index (χ4v) is 4.07. The van der Waals surface area contributed by atoms with E-state index < -0.39 is 11.2 Å². The molecular weight excluding hydrogens is 386 g/mol. The van der Waals surface area contributed by atoms with Gasteiger partial charge in [0.15, 0.2) is 5.17 Å². The Balaban J connectivity index is 1.54. The van der Waals surface area contributed by atoms with Crippen molar-refractivity contribution in [2.45, 2.75) is 11.7 Å². The third kappa shape index (κ3) is 4.35. The molecule has 2 N–H and O–H groups in total. The first kappa shape index (κ1) is 18.9. The Morgan fingerprint density at radius 2 is 1.90 bits per heavy atom. The van der Waals surface area contributed by atoms with E-state index in [1.807, 2.05) is 36.4 Å². The Morgan fingerprint density at radius 3 is 2.76 bits per heavy atom. The predicted octanol–water partition coefficient (Wildman–Crippen LogP) is 3.90. The van der Waals surface area contributed by atoms with Crippen LogP contribution < -0.4 is 5.32 Å². The zero-order valence-corrected chi connectivity index (χ0v) is 16.1. The van der Waals surface area contributed by atoms with Crippen LogP contribution in [-0.2, 0) is 9.59 Å². The summed E-state index contributed by atoms with van der Waals surface area (Å²) in [4.78, 5) is 22.5. The molecular formula is C22H17N3O3S. The lowest BCUT2D eigenvalue weighted by Gasteiger charge is -2.07. The van der Waals surface area contributed by atoms with Gasteiger partial charge in [-0.05, 0) is 33.5 Å². The number of carbonyl (C=O) groups excluding carboxylic acids is 1. The summed E-state index contributed by atoms with van der Waals surface area (Å²) in [5.74, 6) is -1.38. The highest BCUT2D eigenvalue weighted by Gasteiger charge is 2.32. The second kappa shape index (κ2) is 8.28. The zero-order chi connectivity index (χ0) is 20.2. The molecule has 0 aliphatic carbocycles. The molecule has 1 heterocycles. The van der Waals surface area contributed by atoms with Gasteiger partial charge in [0.25, 0.3) is 0 Å². The molecule has 0 aromatic heterocycles. The van der Waals surface area contributed by atoms with Crippen molar-refractivity contribution in [3.8, 4) is 11.1 Å². The largest absolute Gasteiger partial charge is 0.481 e. The van der Waals surface area contributed by atoms with Crippen LogP contribution in [0.3, 0.4) is 0 Å². The summed E-state index contributed by atoms with van der Waals surface area (Å²) in [5, 5.41) is 21.4. The van der Waals surface area contributed by atoms with Gasteiger partial charge in [-0.25, -0.2) is 0 Å². The van der Waals surface area contributed by atoms with E-state index in [2.05, 4.69) is 45.9 Å². The number of aliphatic carboxylic acids is 1. The first-order valence-electron chi connectivity index (χ1n) is 8.99. The van der Waals surface area contributed by atoms with E-state index in [0.29, 0.717) is 5.17 Å². The van der Waals surface area contributed by atoms with E-state index >= 15 is 0 Å². The predicted molar refractivity (Wildman–Crippen MR) is 116 cm³/mol. The van der Waals surface area contributed by atoms with Crippen LogP contribution in [0.4, 0.5) is 0 Å². The molecule has 1 amide bonds. The molecule has 0 radical (unpaired) electrons. The number of nitrogens with zero attached hydrogens (tertiary/aromatic N) is 2. The molecule has 1 saturated heterocycles. The van der Waals surface area contributed by atoms with Crippen LogP contribution in [0, 0.1) is 0 Å². The maximum Gasteiger partial charge on any atom is 0.305 e. The van der Waals surface area contributed by atoms with Gasteiger partial charge in [-0.3, -0.25) is 9.59 Å². The second-order valence-corrected chi connectivity index (χ2v) is 7.69. The van der Waals surface area contributed by atoms with Crippen molar-refractivity contribution in [3.05, 3.63) is 72.3 Å². The average Bonchev–Trinajstić information content (AvgIpc) is 3.06. The molecule has 1 aliphatic rings. The minimum absolute atomic E-state index is 0.244. The molecule has 1 aliphatic heterocycles. The maximum atomic E-state index is 11.7. The first-order chi connectivity index (χ1) is 14.1. The molecule has 7 heteroatoms.